The van der Waals surface area contributed by atoms with Gasteiger partial charge >= 0.3 is 6.03 Å². The zero-order chi connectivity index (χ0) is 32.0. The van der Waals surface area contributed by atoms with Gasteiger partial charge in [0.05, 0.1) is 37.6 Å². The van der Waals surface area contributed by atoms with Gasteiger partial charge < -0.3 is 29.7 Å². The summed E-state index contributed by atoms with van der Waals surface area (Å²) in [5.74, 6) is 0.581. The van der Waals surface area contributed by atoms with Gasteiger partial charge in [0, 0.05) is 41.5 Å². The van der Waals surface area contributed by atoms with Gasteiger partial charge in [0.1, 0.15) is 17.6 Å². The Labute approximate surface area is 262 Å². The van der Waals surface area contributed by atoms with Gasteiger partial charge in [0.2, 0.25) is 5.91 Å². The first-order valence-corrected chi connectivity index (χ1v) is 15.9. The van der Waals surface area contributed by atoms with Crippen LogP contribution < -0.4 is 19.5 Å². The first kappa shape index (κ1) is 32.9. The maximum atomic E-state index is 13.5. The van der Waals surface area contributed by atoms with E-state index >= 15 is 0 Å². The highest BCUT2D eigenvalue weighted by Gasteiger charge is 2.32. The standard InChI is InChI=1S/C31H37ClN4O7S/c1-20-17-36(21(2)19-37)30(38)16-22-15-25(34-44(40,41)27-12-5-23(32)6-13-27)9-14-28(22)43-29(20)18-35(3)31(39)33-24-7-10-26(42-4)11-8-24/h5-15,20-21,29,34,37H,16-19H2,1-4H3,(H,33,39)/t20-,21+,29+/m1/s1. The lowest BCUT2D eigenvalue weighted by atomic mass is 10.0. The molecule has 3 amide bonds. The second-order valence-electron chi connectivity index (χ2n) is 10.8. The number of nitrogens with zero attached hydrogens (tertiary/aromatic N) is 2. The average molecular weight is 645 g/mol. The van der Waals surface area contributed by atoms with Gasteiger partial charge in [-0.05, 0) is 73.7 Å². The van der Waals surface area contributed by atoms with E-state index < -0.39 is 22.2 Å². The van der Waals surface area contributed by atoms with E-state index in [1.807, 2.05) is 6.92 Å². The third-order valence-electron chi connectivity index (χ3n) is 7.43. The average Bonchev–Trinajstić information content (AvgIpc) is 3.04. The fourth-order valence-electron chi connectivity index (χ4n) is 4.78. The van der Waals surface area contributed by atoms with Crippen LogP contribution in [0.15, 0.2) is 71.6 Å². The van der Waals surface area contributed by atoms with Crippen LogP contribution in [0.3, 0.4) is 0 Å². The molecule has 0 radical (unpaired) electrons. The Hall–Kier alpha value is -4.00. The molecule has 1 heterocycles. The topological polar surface area (TPSA) is 138 Å². The van der Waals surface area contributed by atoms with E-state index in [-0.39, 0.29) is 54.6 Å². The number of methoxy groups -OCH3 is 1. The molecule has 4 rings (SSSR count). The van der Waals surface area contributed by atoms with Crippen LogP contribution in [0, 0.1) is 5.92 Å². The predicted molar refractivity (Wildman–Crippen MR) is 169 cm³/mol. The SMILES string of the molecule is COc1ccc(NC(=O)N(C)C[C@@H]2Oc3ccc(NS(=O)(=O)c4ccc(Cl)cc4)cc3CC(=O)N([C@@H](C)CO)C[C@H]2C)cc1. The number of carbonyl (C=O) groups excluding carboxylic acids is 2. The van der Waals surface area contributed by atoms with Gasteiger partial charge in [-0.15, -0.1) is 0 Å². The van der Waals surface area contributed by atoms with Crippen molar-refractivity contribution in [1.29, 1.82) is 0 Å². The van der Waals surface area contributed by atoms with Crippen LogP contribution >= 0.6 is 11.6 Å². The van der Waals surface area contributed by atoms with Crippen LogP contribution in [0.2, 0.25) is 5.02 Å². The molecule has 1 aliphatic rings. The molecule has 0 unspecified atom stereocenters. The Kier molecular flexibility index (Phi) is 10.6. The highest BCUT2D eigenvalue weighted by atomic mass is 35.5. The van der Waals surface area contributed by atoms with Gasteiger partial charge in [-0.2, -0.15) is 0 Å². The highest BCUT2D eigenvalue weighted by Crippen LogP contribution is 2.30. The minimum atomic E-state index is -3.93. The molecule has 236 valence electrons. The second kappa shape index (κ2) is 14.2. The second-order valence-corrected chi connectivity index (χ2v) is 12.9. The van der Waals surface area contributed by atoms with Crippen LogP contribution in [0.25, 0.3) is 0 Å². The molecule has 0 saturated carbocycles. The summed E-state index contributed by atoms with van der Waals surface area (Å²) >= 11 is 5.91. The minimum absolute atomic E-state index is 0.0329. The van der Waals surface area contributed by atoms with Crippen molar-refractivity contribution in [2.24, 2.45) is 5.92 Å². The molecule has 0 aliphatic carbocycles. The monoisotopic (exact) mass is 644 g/mol. The Balaban J connectivity index is 1.60. The van der Waals surface area contributed by atoms with Crippen LogP contribution in [0.5, 0.6) is 11.5 Å². The van der Waals surface area contributed by atoms with Crippen molar-refractivity contribution in [1.82, 2.24) is 9.80 Å². The fourth-order valence-corrected chi connectivity index (χ4v) is 5.96. The number of anilines is 2. The Morgan fingerprint density at radius 3 is 2.43 bits per heavy atom. The van der Waals surface area contributed by atoms with E-state index in [0.717, 1.165) is 0 Å². The minimum Gasteiger partial charge on any atom is -0.497 e. The van der Waals surface area contributed by atoms with E-state index in [9.17, 15) is 23.1 Å². The van der Waals surface area contributed by atoms with E-state index in [0.29, 0.717) is 27.8 Å². The van der Waals surface area contributed by atoms with Crippen molar-refractivity contribution in [3.05, 3.63) is 77.3 Å². The Bertz CT molecular complexity index is 1570. The van der Waals surface area contributed by atoms with Crippen LogP contribution in [-0.2, 0) is 21.2 Å². The number of hydrogen-bond acceptors (Lipinski definition) is 7. The number of halogens is 1. The molecule has 11 nitrogen and oxygen atoms in total. The molecular formula is C31H37ClN4O7S. The van der Waals surface area contributed by atoms with Crippen LogP contribution in [-0.4, -0.2) is 81.3 Å². The normalized spacial score (nSPS) is 17.7. The zero-order valence-electron chi connectivity index (χ0n) is 25.0. The molecule has 44 heavy (non-hydrogen) atoms. The summed E-state index contributed by atoms with van der Waals surface area (Å²) < 4.78 is 40.2. The summed E-state index contributed by atoms with van der Waals surface area (Å²) in [7, 11) is -0.719. The predicted octanol–water partition coefficient (Wildman–Crippen LogP) is 4.46. The molecule has 13 heteroatoms. The number of amides is 3. The van der Waals surface area contributed by atoms with Crippen molar-refractivity contribution < 1.29 is 32.6 Å². The first-order valence-electron chi connectivity index (χ1n) is 14.0. The van der Waals surface area contributed by atoms with Crippen LogP contribution in [0.1, 0.15) is 19.4 Å². The quantitative estimate of drug-likeness (QED) is 0.313. The van der Waals surface area contributed by atoms with Crippen molar-refractivity contribution >= 4 is 44.9 Å². The van der Waals surface area contributed by atoms with Crippen molar-refractivity contribution in [3.63, 3.8) is 0 Å². The lowest BCUT2D eigenvalue weighted by Crippen LogP contribution is -2.48. The maximum absolute atomic E-state index is 13.5. The Morgan fingerprint density at radius 2 is 1.80 bits per heavy atom. The molecule has 0 fully saturated rings. The number of benzene rings is 3. The summed E-state index contributed by atoms with van der Waals surface area (Å²) in [5, 5.41) is 13.2. The third-order valence-corrected chi connectivity index (χ3v) is 9.08. The number of carbonyl (C=O) groups is 2. The number of aliphatic hydroxyl groups is 1. The molecule has 3 N–H and O–H groups in total. The molecule has 1 aliphatic heterocycles. The van der Waals surface area contributed by atoms with Gasteiger partial charge in [0.15, 0.2) is 0 Å². The summed E-state index contributed by atoms with van der Waals surface area (Å²) in [5.41, 5.74) is 1.31. The smallest absolute Gasteiger partial charge is 0.321 e. The molecule has 0 spiro atoms. The van der Waals surface area contributed by atoms with Crippen LogP contribution in [0.4, 0.5) is 16.2 Å². The number of nitrogens with one attached hydrogen (secondary N) is 2. The first-order chi connectivity index (χ1) is 20.9. The number of likely N-dealkylation sites (N-methyl/N-ethyl adjacent to an activating group) is 1. The van der Waals surface area contributed by atoms with E-state index in [1.54, 1.807) is 68.4 Å². The number of sulfonamides is 1. The molecule has 0 aromatic heterocycles. The van der Waals surface area contributed by atoms with Gasteiger partial charge in [-0.1, -0.05) is 18.5 Å². The van der Waals surface area contributed by atoms with Crippen molar-refractivity contribution in [3.8, 4) is 11.5 Å². The van der Waals surface area contributed by atoms with Crippen molar-refractivity contribution in [2.45, 2.75) is 37.3 Å². The Morgan fingerprint density at radius 1 is 1.14 bits per heavy atom. The van der Waals surface area contributed by atoms with Crippen molar-refractivity contribution in [2.75, 3.05) is 43.9 Å². The van der Waals surface area contributed by atoms with E-state index in [1.165, 1.54) is 29.2 Å². The molecule has 3 aromatic carbocycles. The highest BCUT2D eigenvalue weighted by molar-refractivity contribution is 7.92. The number of hydrogen-bond donors (Lipinski definition) is 3. The largest absolute Gasteiger partial charge is 0.497 e. The third kappa shape index (κ3) is 8.13. The zero-order valence-corrected chi connectivity index (χ0v) is 26.6. The summed E-state index contributed by atoms with van der Waals surface area (Å²) in [6.45, 7) is 3.91. The maximum Gasteiger partial charge on any atom is 0.321 e. The number of aliphatic hydroxyl groups excluding tert-OH is 1. The lowest BCUT2D eigenvalue weighted by Gasteiger charge is -2.34. The molecular weight excluding hydrogens is 608 g/mol. The summed E-state index contributed by atoms with van der Waals surface area (Å²) in [6, 6.07) is 16.7. The molecule has 3 atom stereocenters. The van der Waals surface area contributed by atoms with Gasteiger partial charge in [-0.25, -0.2) is 13.2 Å². The lowest BCUT2D eigenvalue weighted by molar-refractivity contribution is -0.134. The number of ether oxygens (including phenoxy) is 2. The molecule has 0 saturated heterocycles. The number of fused-ring (bicyclic) bond motifs is 1. The van der Waals surface area contributed by atoms with Gasteiger partial charge in [-0.3, -0.25) is 9.52 Å². The van der Waals surface area contributed by atoms with E-state index in [2.05, 4.69) is 10.0 Å². The molecule has 3 aromatic rings. The summed E-state index contributed by atoms with van der Waals surface area (Å²) in [4.78, 5) is 29.7. The summed E-state index contributed by atoms with van der Waals surface area (Å²) in [6.07, 6.45) is -0.625. The van der Waals surface area contributed by atoms with Gasteiger partial charge in [0.25, 0.3) is 10.0 Å². The fraction of sp³-hybridized carbons (Fsp3) is 0.355. The van der Waals surface area contributed by atoms with E-state index in [4.69, 9.17) is 21.1 Å². The number of rotatable bonds is 9. The molecule has 0 bridgehead atoms. The number of urea groups is 1.